The molecule has 0 aliphatic carbocycles. The third-order valence-electron chi connectivity index (χ3n) is 4.55. The minimum atomic E-state index is -0.997. The molecule has 2 heterocycles. The van der Waals surface area contributed by atoms with E-state index in [1.807, 2.05) is 17.0 Å². The molecule has 6 heteroatoms. The third-order valence-corrected chi connectivity index (χ3v) is 4.55. The van der Waals surface area contributed by atoms with Gasteiger partial charge < -0.3 is 14.7 Å². The van der Waals surface area contributed by atoms with Crippen molar-refractivity contribution in [1.29, 1.82) is 0 Å². The van der Waals surface area contributed by atoms with Crippen LogP contribution in [0.15, 0.2) is 36.5 Å². The first-order valence-corrected chi connectivity index (χ1v) is 8.16. The molecule has 1 N–H and O–H groups in total. The number of rotatable bonds is 4. The van der Waals surface area contributed by atoms with Gasteiger partial charge in [0.25, 0.3) is 5.91 Å². The van der Waals surface area contributed by atoms with E-state index in [1.54, 1.807) is 26.3 Å². The van der Waals surface area contributed by atoms with Crippen molar-refractivity contribution in [2.75, 3.05) is 13.7 Å². The molecule has 0 saturated carbocycles. The molecule has 6 nitrogen and oxygen atoms in total. The Balaban J connectivity index is 1.86. The number of carbonyl (C=O) groups is 2. The molecule has 1 atom stereocenters. The molecule has 1 aliphatic heterocycles. The number of aryl methyl sites for hydroxylation is 1. The Labute approximate surface area is 146 Å². The van der Waals surface area contributed by atoms with Gasteiger partial charge >= 0.3 is 5.97 Å². The number of methoxy groups -OCH3 is 1. The minimum absolute atomic E-state index is 0.0723. The van der Waals surface area contributed by atoms with Crippen molar-refractivity contribution < 1.29 is 19.4 Å². The summed E-state index contributed by atoms with van der Waals surface area (Å²) in [5, 5.41) is 9.07. The number of hydrogen-bond acceptors (Lipinski definition) is 4. The van der Waals surface area contributed by atoms with E-state index in [9.17, 15) is 9.59 Å². The molecule has 1 amide bonds. The number of amides is 1. The van der Waals surface area contributed by atoms with E-state index in [-0.39, 0.29) is 17.5 Å². The lowest BCUT2D eigenvalue weighted by atomic mass is 10.0. The van der Waals surface area contributed by atoms with Crippen LogP contribution in [0, 0.1) is 6.92 Å². The Morgan fingerprint density at radius 3 is 2.68 bits per heavy atom. The van der Waals surface area contributed by atoms with Gasteiger partial charge in [-0.15, -0.1) is 0 Å². The van der Waals surface area contributed by atoms with Crippen LogP contribution < -0.4 is 4.74 Å². The number of likely N-dealkylation sites (tertiary alicyclic amines) is 1. The van der Waals surface area contributed by atoms with E-state index in [0.717, 1.165) is 18.5 Å². The number of aromatic nitrogens is 1. The highest BCUT2D eigenvalue weighted by atomic mass is 16.5. The summed E-state index contributed by atoms with van der Waals surface area (Å²) in [6.07, 6.45) is 3.43. The minimum Gasteiger partial charge on any atom is -0.495 e. The highest BCUT2D eigenvalue weighted by molar-refractivity contribution is 5.97. The van der Waals surface area contributed by atoms with Crippen LogP contribution in [0.2, 0.25) is 0 Å². The van der Waals surface area contributed by atoms with E-state index in [2.05, 4.69) is 4.98 Å². The van der Waals surface area contributed by atoms with Crippen molar-refractivity contribution in [3.63, 3.8) is 0 Å². The van der Waals surface area contributed by atoms with Gasteiger partial charge in [-0.2, -0.15) is 0 Å². The molecule has 0 spiro atoms. The second kappa shape index (κ2) is 6.93. The van der Waals surface area contributed by atoms with Gasteiger partial charge in [0, 0.05) is 12.1 Å². The first-order chi connectivity index (χ1) is 12.0. The second-order valence-electron chi connectivity index (χ2n) is 6.11. The van der Waals surface area contributed by atoms with Crippen molar-refractivity contribution in [3.8, 4) is 5.75 Å². The van der Waals surface area contributed by atoms with Gasteiger partial charge in [0.05, 0.1) is 30.6 Å². The number of ether oxygens (including phenoxy) is 1. The number of nitrogens with zero attached hydrogens (tertiary/aromatic N) is 2. The fraction of sp³-hybridized carbons (Fsp3) is 0.316. The molecule has 1 aromatic heterocycles. The zero-order valence-corrected chi connectivity index (χ0v) is 14.2. The van der Waals surface area contributed by atoms with Gasteiger partial charge in [0.1, 0.15) is 5.75 Å². The van der Waals surface area contributed by atoms with Gasteiger partial charge in [-0.1, -0.05) is 0 Å². The monoisotopic (exact) mass is 340 g/mol. The zero-order chi connectivity index (χ0) is 18.0. The van der Waals surface area contributed by atoms with Crippen LogP contribution in [0.25, 0.3) is 0 Å². The molecular weight excluding hydrogens is 320 g/mol. The summed E-state index contributed by atoms with van der Waals surface area (Å²) in [5.74, 6) is -0.405. The molecular formula is C19H20N2O4. The highest BCUT2D eigenvalue weighted by Gasteiger charge is 2.32. The molecule has 0 bridgehead atoms. The van der Waals surface area contributed by atoms with E-state index in [0.29, 0.717) is 23.4 Å². The third kappa shape index (κ3) is 3.33. The lowest BCUT2D eigenvalue weighted by Crippen LogP contribution is -2.31. The van der Waals surface area contributed by atoms with Crippen molar-refractivity contribution in [2.24, 2.45) is 0 Å². The van der Waals surface area contributed by atoms with E-state index < -0.39 is 5.97 Å². The molecule has 0 radical (unpaired) electrons. The van der Waals surface area contributed by atoms with Crippen LogP contribution in [0.1, 0.15) is 50.9 Å². The van der Waals surface area contributed by atoms with Crippen LogP contribution >= 0.6 is 0 Å². The van der Waals surface area contributed by atoms with Crippen LogP contribution in [-0.4, -0.2) is 40.5 Å². The zero-order valence-electron chi connectivity index (χ0n) is 14.2. The summed E-state index contributed by atoms with van der Waals surface area (Å²) >= 11 is 0. The maximum atomic E-state index is 13.0. The fourth-order valence-corrected chi connectivity index (χ4v) is 3.22. The topological polar surface area (TPSA) is 79.7 Å². The number of benzene rings is 1. The SMILES string of the molecule is COc1ccc(C2CCCN2C(=O)c2ccc(C(=O)O)cc2C)nc1. The number of hydrogen-bond donors (Lipinski definition) is 1. The first-order valence-electron chi connectivity index (χ1n) is 8.16. The maximum Gasteiger partial charge on any atom is 0.335 e. The van der Waals surface area contributed by atoms with Gasteiger partial charge in [0.2, 0.25) is 0 Å². The normalized spacial score (nSPS) is 16.7. The predicted molar refractivity (Wildman–Crippen MR) is 91.9 cm³/mol. The maximum absolute atomic E-state index is 13.0. The van der Waals surface area contributed by atoms with Crippen LogP contribution in [0.3, 0.4) is 0 Å². The van der Waals surface area contributed by atoms with Gasteiger partial charge in [-0.05, 0) is 55.7 Å². The molecule has 1 fully saturated rings. The predicted octanol–water partition coefficient (Wildman–Crippen LogP) is 3.07. The Kier molecular flexibility index (Phi) is 4.70. The number of carboxylic acid groups (broad SMARTS) is 1. The highest BCUT2D eigenvalue weighted by Crippen LogP contribution is 2.33. The average molecular weight is 340 g/mol. The van der Waals surface area contributed by atoms with Crippen LogP contribution in [-0.2, 0) is 0 Å². The van der Waals surface area contributed by atoms with Crippen LogP contribution in [0.4, 0.5) is 0 Å². The number of carboxylic acids is 1. The van der Waals surface area contributed by atoms with E-state index in [1.165, 1.54) is 12.1 Å². The standard InChI is InChI=1S/C19H20N2O4/c1-12-10-13(19(23)24)5-7-15(12)18(22)21-9-3-4-17(21)16-8-6-14(25-2)11-20-16/h5-8,10-11,17H,3-4,9H2,1-2H3,(H,23,24). The first kappa shape index (κ1) is 17.0. The van der Waals surface area contributed by atoms with Crippen molar-refractivity contribution >= 4 is 11.9 Å². The lowest BCUT2D eigenvalue weighted by Gasteiger charge is -2.25. The number of carbonyl (C=O) groups excluding carboxylic acids is 1. The quantitative estimate of drug-likeness (QED) is 0.925. The van der Waals surface area contributed by atoms with E-state index in [4.69, 9.17) is 9.84 Å². The summed E-state index contributed by atoms with van der Waals surface area (Å²) in [6, 6.07) is 8.26. The lowest BCUT2D eigenvalue weighted by molar-refractivity contribution is 0.0692. The molecule has 3 rings (SSSR count). The summed E-state index contributed by atoms with van der Waals surface area (Å²) in [7, 11) is 1.59. The molecule has 130 valence electrons. The Hall–Kier alpha value is -2.89. The molecule has 1 aromatic carbocycles. The summed E-state index contributed by atoms with van der Waals surface area (Å²) in [4.78, 5) is 30.3. The molecule has 1 aliphatic rings. The van der Waals surface area contributed by atoms with Crippen molar-refractivity contribution in [1.82, 2.24) is 9.88 Å². The number of aromatic carboxylic acids is 1. The largest absolute Gasteiger partial charge is 0.495 e. The second-order valence-corrected chi connectivity index (χ2v) is 6.11. The van der Waals surface area contributed by atoms with Crippen molar-refractivity contribution in [2.45, 2.75) is 25.8 Å². The number of pyridine rings is 1. The van der Waals surface area contributed by atoms with Gasteiger partial charge in [-0.25, -0.2) is 4.79 Å². The molecule has 1 unspecified atom stereocenters. The molecule has 1 saturated heterocycles. The fourth-order valence-electron chi connectivity index (χ4n) is 3.22. The van der Waals surface area contributed by atoms with Gasteiger partial charge in [-0.3, -0.25) is 9.78 Å². The summed E-state index contributed by atoms with van der Waals surface area (Å²) < 4.78 is 5.13. The molecule has 25 heavy (non-hydrogen) atoms. The molecule has 2 aromatic rings. The van der Waals surface area contributed by atoms with Gasteiger partial charge in [0.15, 0.2) is 0 Å². The summed E-state index contributed by atoms with van der Waals surface area (Å²) in [5.41, 5.74) is 2.22. The van der Waals surface area contributed by atoms with Crippen LogP contribution in [0.5, 0.6) is 5.75 Å². The van der Waals surface area contributed by atoms with E-state index >= 15 is 0 Å². The van der Waals surface area contributed by atoms with Crippen molar-refractivity contribution in [3.05, 3.63) is 58.9 Å². The Morgan fingerprint density at radius 2 is 2.08 bits per heavy atom. The smallest absolute Gasteiger partial charge is 0.335 e. The summed E-state index contributed by atoms with van der Waals surface area (Å²) in [6.45, 7) is 2.42. The average Bonchev–Trinajstić information content (AvgIpc) is 3.10. The Bertz CT molecular complexity index is 802. The Morgan fingerprint density at radius 1 is 1.28 bits per heavy atom.